The molecule has 0 aliphatic carbocycles. The third kappa shape index (κ3) is 6.26. The van der Waals surface area contributed by atoms with Crippen LogP contribution in [0.4, 0.5) is 13.2 Å². The van der Waals surface area contributed by atoms with Gasteiger partial charge in [-0.15, -0.1) is 0 Å². The standard InChI is InChI=1S/C10H15F3N2O/c1-2-5-8(15-14)6-3-4-7-9(16)10(11,12)13/h2-6,9,15-16H,7,14H2,1H3/b4-3-,5-2-,8-6+. The lowest BCUT2D eigenvalue weighted by molar-refractivity contribution is -0.202. The van der Waals surface area contributed by atoms with E-state index in [4.69, 9.17) is 10.9 Å². The topological polar surface area (TPSA) is 58.3 Å². The van der Waals surface area contributed by atoms with Crippen molar-refractivity contribution < 1.29 is 18.3 Å². The molecule has 0 saturated carbocycles. The monoisotopic (exact) mass is 236 g/mol. The first-order valence-corrected chi connectivity index (χ1v) is 4.62. The highest BCUT2D eigenvalue weighted by Gasteiger charge is 2.36. The third-order valence-electron chi connectivity index (χ3n) is 1.66. The SMILES string of the molecule is C\C=C/C(=C\C=C/CC(O)C(F)(F)F)NN. The third-order valence-corrected chi connectivity index (χ3v) is 1.66. The summed E-state index contributed by atoms with van der Waals surface area (Å²) in [7, 11) is 0. The lowest BCUT2D eigenvalue weighted by Crippen LogP contribution is -2.27. The quantitative estimate of drug-likeness (QED) is 0.387. The van der Waals surface area contributed by atoms with Gasteiger partial charge in [0.25, 0.3) is 0 Å². The molecule has 0 rings (SSSR count). The summed E-state index contributed by atoms with van der Waals surface area (Å²) >= 11 is 0. The van der Waals surface area contributed by atoms with Crippen LogP contribution in [-0.2, 0) is 0 Å². The maximum absolute atomic E-state index is 11.9. The smallest absolute Gasteiger partial charge is 0.383 e. The number of halogens is 3. The lowest BCUT2D eigenvalue weighted by Gasteiger charge is -2.11. The highest BCUT2D eigenvalue weighted by molar-refractivity contribution is 5.21. The number of alkyl halides is 3. The van der Waals surface area contributed by atoms with Crippen molar-refractivity contribution in [3.8, 4) is 0 Å². The minimum absolute atomic E-state index is 0.478. The summed E-state index contributed by atoms with van der Waals surface area (Å²) < 4.78 is 35.6. The first-order valence-electron chi connectivity index (χ1n) is 4.62. The van der Waals surface area contributed by atoms with Crippen LogP contribution in [0.1, 0.15) is 13.3 Å². The van der Waals surface area contributed by atoms with E-state index in [0.29, 0.717) is 5.70 Å². The van der Waals surface area contributed by atoms with E-state index in [1.165, 1.54) is 18.2 Å². The van der Waals surface area contributed by atoms with Crippen molar-refractivity contribution in [2.45, 2.75) is 25.6 Å². The molecule has 3 nitrogen and oxygen atoms in total. The van der Waals surface area contributed by atoms with Gasteiger partial charge in [-0.2, -0.15) is 13.2 Å². The van der Waals surface area contributed by atoms with Crippen LogP contribution in [0, 0.1) is 0 Å². The molecule has 0 aromatic heterocycles. The number of hydrogen-bond donors (Lipinski definition) is 3. The molecule has 4 N–H and O–H groups in total. The van der Waals surface area contributed by atoms with E-state index in [1.54, 1.807) is 19.1 Å². The Balaban J connectivity index is 4.21. The van der Waals surface area contributed by atoms with Crippen LogP contribution in [0.15, 0.2) is 36.1 Å². The molecule has 0 saturated heterocycles. The molecular weight excluding hydrogens is 221 g/mol. The zero-order valence-corrected chi connectivity index (χ0v) is 8.83. The average molecular weight is 236 g/mol. The number of hydrazine groups is 1. The Morgan fingerprint density at radius 3 is 2.56 bits per heavy atom. The van der Waals surface area contributed by atoms with E-state index in [-0.39, 0.29) is 0 Å². The van der Waals surface area contributed by atoms with Gasteiger partial charge in [-0.3, -0.25) is 5.84 Å². The summed E-state index contributed by atoms with van der Waals surface area (Å²) in [4.78, 5) is 0. The Morgan fingerprint density at radius 1 is 1.50 bits per heavy atom. The predicted molar refractivity (Wildman–Crippen MR) is 56.0 cm³/mol. The maximum atomic E-state index is 11.9. The fraction of sp³-hybridized carbons (Fsp3) is 0.400. The second kappa shape index (κ2) is 7.08. The van der Waals surface area contributed by atoms with Crippen molar-refractivity contribution in [3.63, 3.8) is 0 Å². The molecule has 0 aliphatic rings. The van der Waals surface area contributed by atoms with Gasteiger partial charge in [0.1, 0.15) is 0 Å². The van der Waals surface area contributed by atoms with Gasteiger partial charge >= 0.3 is 6.18 Å². The molecule has 0 bridgehead atoms. The Hall–Kier alpha value is -1.27. The molecule has 0 aromatic carbocycles. The van der Waals surface area contributed by atoms with Crippen molar-refractivity contribution in [1.82, 2.24) is 5.43 Å². The largest absolute Gasteiger partial charge is 0.414 e. The Bertz CT molecular complexity index is 282. The molecule has 0 heterocycles. The molecule has 0 radical (unpaired) electrons. The maximum Gasteiger partial charge on any atom is 0.414 e. The van der Waals surface area contributed by atoms with E-state index in [2.05, 4.69) is 5.43 Å². The van der Waals surface area contributed by atoms with Gasteiger partial charge < -0.3 is 10.5 Å². The van der Waals surface area contributed by atoms with Crippen LogP contribution in [0.3, 0.4) is 0 Å². The van der Waals surface area contributed by atoms with Crippen LogP contribution in [0.2, 0.25) is 0 Å². The van der Waals surface area contributed by atoms with Crippen molar-refractivity contribution in [2.24, 2.45) is 5.84 Å². The number of hydrogen-bond acceptors (Lipinski definition) is 3. The molecule has 16 heavy (non-hydrogen) atoms. The zero-order valence-electron chi connectivity index (χ0n) is 8.83. The van der Waals surface area contributed by atoms with E-state index < -0.39 is 18.7 Å². The molecule has 92 valence electrons. The molecule has 1 atom stereocenters. The van der Waals surface area contributed by atoms with Gasteiger partial charge in [-0.1, -0.05) is 18.2 Å². The molecular formula is C10H15F3N2O. The molecule has 0 aliphatic heterocycles. The van der Waals surface area contributed by atoms with Crippen molar-refractivity contribution in [2.75, 3.05) is 0 Å². The van der Waals surface area contributed by atoms with Crippen molar-refractivity contribution >= 4 is 0 Å². The second-order valence-electron chi connectivity index (χ2n) is 2.99. The van der Waals surface area contributed by atoms with Gasteiger partial charge in [0.05, 0.1) is 0 Å². The van der Waals surface area contributed by atoms with E-state index >= 15 is 0 Å². The number of nitrogens with two attached hydrogens (primary N) is 1. The Labute approximate surface area is 92.1 Å². The number of aliphatic hydroxyl groups is 1. The summed E-state index contributed by atoms with van der Waals surface area (Å²) in [5, 5.41) is 8.66. The first kappa shape index (κ1) is 14.7. The van der Waals surface area contributed by atoms with Crippen LogP contribution in [0.5, 0.6) is 0 Å². The minimum atomic E-state index is -4.58. The van der Waals surface area contributed by atoms with Crippen LogP contribution < -0.4 is 11.3 Å². The predicted octanol–water partition coefficient (Wildman–Crippen LogP) is 1.78. The van der Waals surface area contributed by atoms with E-state index in [1.807, 2.05) is 0 Å². The van der Waals surface area contributed by atoms with Gasteiger partial charge in [0.15, 0.2) is 6.10 Å². The van der Waals surface area contributed by atoms with Gasteiger partial charge in [-0.05, 0) is 19.1 Å². The summed E-state index contributed by atoms with van der Waals surface area (Å²) in [6, 6.07) is 0. The Kier molecular flexibility index (Phi) is 6.52. The van der Waals surface area contributed by atoms with Crippen LogP contribution in [-0.4, -0.2) is 17.4 Å². The fourth-order valence-electron chi connectivity index (χ4n) is 0.844. The minimum Gasteiger partial charge on any atom is -0.383 e. The van der Waals surface area contributed by atoms with Gasteiger partial charge in [0.2, 0.25) is 0 Å². The summed E-state index contributed by atoms with van der Waals surface area (Å²) in [6.45, 7) is 1.78. The molecule has 1 unspecified atom stereocenters. The summed E-state index contributed by atoms with van der Waals surface area (Å²) in [6.07, 6.45) is 0.120. The van der Waals surface area contributed by atoms with E-state index in [0.717, 1.165) is 0 Å². The first-order chi connectivity index (χ1) is 7.41. The average Bonchev–Trinajstić information content (AvgIpc) is 2.20. The van der Waals surface area contributed by atoms with Crippen LogP contribution in [0.25, 0.3) is 0 Å². The van der Waals surface area contributed by atoms with Gasteiger partial charge in [0, 0.05) is 12.1 Å². The highest BCUT2D eigenvalue weighted by Crippen LogP contribution is 2.22. The molecule has 0 amide bonds. The second-order valence-corrected chi connectivity index (χ2v) is 2.99. The van der Waals surface area contributed by atoms with Crippen molar-refractivity contribution in [3.05, 3.63) is 36.1 Å². The van der Waals surface area contributed by atoms with Crippen molar-refractivity contribution in [1.29, 1.82) is 0 Å². The molecule has 0 fully saturated rings. The number of rotatable bonds is 5. The number of nitrogens with one attached hydrogen (secondary N) is 1. The fourth-order valence-corrected chi connectivity index (χ4v) is 0.844. The summed E-state index contributed by atoms with van der Waals surface area (Å²) in [5.74, 6) is 5.14. The van der Waals surface area contributed by atoms with Crippen LogP contribution >= 0.6 is 0 Å². The normalized spacial score (nSPS) is 16.0. The molecule has 0 aromatic rings. The lowest BCUT2D eigenvalue weighted by atomic mass is 10.2. The number of allylic oxidation sites excluding steroid dienone is 4. The summed E-state index contributed by atoms with van der Waals surface area (Å²) in [5.41, 5.74) is 2.92. The number of aliphatic hydroxyl groups excluding tert-OH is 1. The molecule has 0 spiro atoms. The molecule has 6 heteroatoms. The van der Waals surface area contributed by atoms with Gasteiger partial charge in [-0.25, -0.2) is 0 Å². The Morgan fingerprint density at radius 2 is 2.12 bits per heavy atom. The highest BCUT2D eigenvalue weighted by atomic mass is 19.4. The van der Waals surface area contributed by atoms with E-state index in [9.17, 15) is 13.2 Å². The zero-order chi connectivity index (χ0) is 12.6.